The standard InChI is InChI=1S/C21H27ClN4O2/c1-15-19(25-28-24-15)13-20(27)23-18-7-11-26(12-8-18)14-21(9-2-10-21)16-3-5-17(22)6-4-16/h3-6,18H,2,7-14H2,1H3,(H,23,27). The number of piperidine rings is 1. The summed E-state index contributed by atoms with van der Waals surface area (Å²) in [6.07, 6.45) is 5.99. The van der Waals surface area contributed by atoms with Crippen LogP contribution in [0.5, 0.6) is 0 Å². The summed E-state index contributed by atoms with van der Waals surface area (Å²) >= 11 is 6.07. The minimum absolute atomic E-state index is 0.00567. The van der Waals surface area contributed by atoms with Crippen molar-refractivity contribution >= 4 is 17.5 Å². The second kappa shape index (κ2) is 8.21. The largest absolute Gasteiger partial charge is 0.353 e. The van der Waals surface area contributed by atoms with E-state index in [1.165, 1.54) is 24.8 Å². The summed E-state index contributed by atoms with van der Waals surface area (Å²) in [6.45, 7) is 4.93. The van der Waals surface area contributed by atoms with Crippen LogP contribution < -0.4 is 5.32 Å². The number of nitrogens with one attached hydrogen (secondary N) is 1. The normalized spacial score (nSPS) is 19.9. The number of carbonyl (C=O) groups excluding carboxylic acids is 1. The van der Waals surface area contributed by atoms with E-state index < -0.39 is 0 Å². The van der Waals surface area contributed by atoms with Gasteiger partial charge in [0.05, 0.1) is 6.42 Å². The van der Waals surface area contributed by atoms with E-state index in [9.17, 15) is 4.79 Å². The SMILES string of the molecule is Cc1nonc1CC(=O)NC1CCN(CC2(c3ccc(Cl)cc3)CCC2)CC1. The molecule has 2 heterocycles. The maximum absolute atomic E-state index is 12.3. The first-order valence-corrected chi connectivity index (χ1v) is 10.5. The van der Waals surface area contributed by atoms with E-state index >= 15 is 0 Å². The Labute approximate surface area is 170 Å². The number of halogens is 1. The maximum Gasteiger partial charge on any atom is 0.226 e. The second-order valence-corrected chi connectivity index (χ2v) is 8.67. The molecule has 0 unspecified atom stereocenters. The predicted octanol–water partition coefficient (Wildman–Crippen LogP) is 3.28. The van der Waals surface area contributed by atoms with Gasteiger partial charge in [-0.2, -0.15) is 0 Å². The average Bonchev–Trinajstić information content (AvgIpc) is 3.05. The van der Waals surface area contributed by atoms with E-state index in [0.29, 0.717) is 11.4 Å². The van der Waals surface area contributed by atoms with E-state index in [2.05, 4.69) is 37.3 Å². The third kappa shape index (κ3) is 4.23. The molecule has 0 bridgehead atoms. The zero-order valence-corrected chi connectivity index (χ0v) is 17.0. The number of nitrogens with zero attached hydrogens (tertiary/aromatic N) is 3. The Morgan fingerprint density at radius 1 is 1.25 bits per heavy atom. The van der Waals surface area contributed by atoms with Crippen LogP contribution in [0.3, 0.4) is 0 Å². The van der Waals surface area contributed by atoms with Crippen molar-refractivity contribution in [3.05, 3.63) is 46.2 Å². The summed E-state index contributed by atoms with van der Waals surface area (Å²) in [4.78, 5) is 14.8. The van der Waals surface area contributed by atoms with Gasteiger partial charge in [-0.05, 0) is 50.3 Å². The fourth-order valence-corrected chi connectivity index (χ4v) is 4.58. The van der Waals surface area contributed by atoms with Gasteiger partial charge in [-0.1, -0.05) is 40.5 Å². The number of amides is 1. The molecule has 2 aliphatic rings. The molecule has 28 heavy (non-hydrogen) atoms. The van der Waals surface area contributed by atoms with Gasteiger partial charge in [-0.3, -0.25) is 4.79 Å². The highest BCUT2D eigenvalue weighted by Gasteiger charge is 2.40. The highest BCUT2D eigenvalue weighted by Crippen LogP contribution is 2.44. The van der Waals surface area contributed by atoms with Gasteiger partial charge in [0, 0.05) is 36.1 Å². The molecule has 1 aliphatic carbocycles. The summed E-state index contributed by atoms with van der Waals surface area (Å²) in [7, 11) is 0. The minimum Gasteiger partial charge on any atom is -0.353 e. The number of hydrogen-bond donors (Lipinski definition) is 1. The minimum atomic E-state index is -0.00567. The maximum atomic E-state index is 12.3. The van der Waals surface area contributed by atoms with Crippen LogP contribution in [-0.2, 0) is 16.6 Å². The van der Waals surface area contributed by atoms with Crippen molar-refractivity contribution in [3.63, 3.8) is 0 Å². The Balaban J connectivity index is 1.27. The number of aryl methyl sites for hydroxylation is 1. The topological polar surface area (TPSA) is 71.3 Å². The van der Waals surface area contributed by atoms with Gasteiger partial charge in [-0.15, -0.1) is 0 Å². The van der Waals surface area contributed by atoms with Crippen molar-refractivity contribution in [2.24, 2.45) is 0 Å². The molecule has 1 aromatic heterocycles. The average molecular weight is 403 g/mol. The van der Waals surface area contributed by atoms with Crippen LogP contribution in [0.1, 0.15) is 49.1 Å². The van der Waals surface area contributed by atoms with Crippen molar-refractivity contribution in [1.29, 1.82) is 0 Å². The summed E-state index contributed by atoms with van der Waals surface area (Å²) in [5.41, 5.74) is 2.98. The van der Waals surface area contributed by atoms with Crippen LogP contribution in [0.2, 0.25) is 5.02 Å². The van der Waals surface area contributed by atoms with Gasteiger partial charge in [0.25, 0.3) is 0 Å². The van der Waals surface area contributed by atoms with E-state index in [1.54, 1.807) is 6.92 Å². The lowest BCUT2D eigenvalue weighted by Gasteiger charge is -2.47. The quantitative estimate of drug-likeness (QED) is 0.802. The molecule has 1 N–H and O–H groups in total. The molecule has 0 radical (unpaired) electrons. The third-order valence-corrected chi connectivity index (χ3v) is 6.57. The van der Waals surface area contributed by atoms with Crippen molar-refractivity contribution in [3.8, 4) is 0 Å². The monoisotopic (exact) mass is 402 g/mol. The molecule has 6 nitrogen and oxygen atoms in total. The molecule has 1 aromatic carbocycles. The van der Waals surface area contributed by atoms with Crippen molar-refractivity contribution in [1.82, 2.24) is 20.5 Å². The Hall–Kier alpha value is -1.92. The Morgan fingerprint density at radius 3 is 2.54 bits per heavy atom. The van der Waals surface area contributed by atoms with Gasteiger partial charge in [0.2, 0.25) is 5.91 Å². The highest BCUT2D eigenvalue weighted by molar-refractivity contribution is 6.30. The zero-order chi connectivity index (χ0) is 19.6. The van der Waals surface area contributed by atoms with Gasteiger partial charge in [0.1, 0.15) is 11.4 Å². The molecule has 7 heteroatoms. The van der Waals surface area contributed by atoms with Gasteiger partial charge < -0.3 is 10.2 Å². The molecular formula is C21H27ClN4O2. The van der Waals surface area contributed by atoms with Crippen molar-refractivity contribution < 1.29 is 9.42 Å². The fraction of sp³-hybridized carbons (Fsp3) is 0.571. The van der Waals surface area contributed by atoms with Crippen LogP contribution in [0.4, 0.5) is 0 Å². The number of carbonyl (C=O) groups is 1. The molecule has 1 saturated carbocycles. The molecule has 0 atom stereocenters. The smallest absolute Gasteiger partial charge is 0.226 e. The van der Waals surface area contributed by atoms with Crippen LogP contribution in [0.25, 0.3) is 0 Å². The molecule has 1 aliphatic heterocycles. The summed E-state index contributed by atoms with van der Waals surface area (Å²) in [5.74, 6) is -0.00567. The number of rotatable bonds is 6. The van der Waals surface area contributed by atoms with E-state index in [-0.39, 0.29) is 23.8 Å². The highest BCUT2D eigenvalue weighted by atomic mass is 35.5. The first-order chi connectivity index (χ1) is 13.5. The Kier molecular flexibility index (Phi) is 5.69. The second-order valence-electron chi connectivity index (χ2n) is 8.23. The lowest BCUT2D eigenvalue weighted by molar-refractivity contribution is -0.121. The molecule has 0 spiro atoms. The van der Waals surface area contributed by atoms with E-state index in [4.69, 9.17) is 11.6 Å². The molecule has 1 saturated heterocycles. The van der Waals surface area contributed by atoms with Gasteiger partial charge >= 0.3 is 0 Å². The van der Waals surface area contributed by atoms with Gasteiger partial charge in [0.15, 0.2) is 0 Å². The number of benzene rings is 1. The molecule has 4 rings (SSSR count). The zero-order valence-electron chi connectivity index (χ0n) is 16.3. The fourth-order valence-electron chi connectivity index (χ4n) is 4.45. The Morgan fingerprint density at radius 2 is 1.96 bits per heavy atom. The summed E-state index contributed by atoms with van der Waals surface area (Å²) < 4.78 is 4.66. The lowest BCUT2D eigenvalue weighted by atomic mass is 9.64. The Bertz CT molecular complexity index is 808. The van der Waals surface area contributed by atoms with E-state index in [1.807, 2.05) is 12.1 Å². The first-order valence-electron chi connectivity index (χ1n) is 10.1. The molecule has 1 amide bonds. The van der Waals surface area contributed by atoms with Gasteiger partial charge in [-0.25, -0.2) is 4.63 Å². The first kappa shape index (κ1) is 19.4. The van der Waals surface area contributed by atoms with Crippen molar-refractivity contribution in [2.45, 2.75) is 56.9 Å². The number of hydrogen-bond acceptors (Lipinski definition) is 5. The molecule has 2 aromatic rings. The predicted molar refractivity (Wildman–Crippen MR) is 107 cm³/mol. The molecular weight excluding hydrogens is 376 g/mol. The van der Waals surface area contributed by atoms with Crippen LogP contribution in [-0.4, -0.2) is 46.8 Å². The van der Waals surface area contributed by atoms with Crippen LogP contribution in [0, 0.1) is 6.92 Å². The number of likely N-dealkylation sites (tertiary alicyclic amines) is 1. The third-order valence-electron chi connectivity index (χ3n) is 6.32. The van der Waals surface area contributed by atoms with Crippen LogP contribution >= 0.6 is 11.6 Å². The lowest BCUT2D eigenvalue weighted by Crippen LogP contribution is -2.51. The molecule has 2 fully saturated rings. The van der Waals surface area contributed by atoms with E-state index in [0.717, 1.165) is 37.5 Å². The summed E-state index contributed by atoms with van der Waals surface area (Å²) in [5, 5.41) is 11.5. The number of aromatic nitrogens is 2. The van der Waals surface area contributed by atoms with Crippen molar-refractivity contribution in [2.75, 3.05) is 19.6 Å². The molecule has 150 valence electrons. The van der Waals surface area contributed by atoms with Crippen LogP contribution in [0.15, 0.2) is 28.9 Å². The summed E-state index contributed by atoms with van der Waals surface area (Å²) in [6, 6.07) is 8.62.